The molecular weight excluding hydrogens is 510 g/mol. The van der Waals surface area contributed by atoms with Gasteiger partial charge >= 0.3 is 6.09 Å². The zero-order valence-corrected chi connectivity index (χ0v) is 24.7. The largest absolute Gasteiger partial charge is 0.493 e. The summed E-state index contributed by atoms with van der Waals surface area (Å²) in [6, 6.07) is 24.6. The number of carboxylic acid groups (broad SMARTS) is 1. The van der Waals surface area contributed by atoms with Gasteiger partial charge in [0.1, 0.15) is 5.75 Å². The Kier molecular flexibility index (Phi) is 10.6. The Balaban J connectivity index is 1.49. The molecule has 4 N–H and O–H groups in total. The van der Waals surface area contributed by atoms with Crippen LogP contribution in [0.15, 0.2) is 78.9 Å². The summed E-state index contributed by atoms with van der Waals surface area (Å²) in [5.74, 6) is 0.846. The highest BCUT2D eigenvalue weighted by Crippen LogP contribution is 2.37. The summed E-state index contributed by atoms with van der Waals surface area (Å²) in [4.78, 5) is 14.4. The molecule has 1 amide bonds. The third kappa shape index (κ3) is 8.94. The molecule has 1 fully saturated rings. The fraction of sp³-hybridized carbons (Fsp3) is 0.400. The first-order valence-corrected chi connectivity index (χ1v) is 14.8. The van der Waals surface area contributed by atoms with Crippen LogP contribution in [0.1, 0.15) is 64.0 Å². The Morgan fingerprint density at radius 1 is 1.02 bits per heavy atom. The maximum absolute atomic E-state index is 12.8. The number of hydrogen-bond donors (Lipinski definition) is 3. The van der Waals surface area contributed by atoms with E-state index < -0.39 is 6.09 Å². The predicted octanol–water partition coefficient (Wildman–Crippen LogP) is 7.52. The zero-order valence-electron chi connectivity index (χ0n) is 24.7. The van der Waals surface area contributed by atoms with Gasteiger partial charge in [0.25, 0.3) is 0 Å². The van der Waals surface area contributed by atoms with Crippen molar-refractivity contribution in [2.45, 2.75) is 76.9 Å². The van der Waals surface area contributed by atoms with E-state index in [2.05, 4.69) is 56.4 Å². The summed E-state index contributed by atoms with van der Waals surface area (Å²) < 4.78 is 5.89. The van der Waals surface area contributed by atoms with Crippen LogP contribution in [0.4, 0.5) is 10.5 Å². The molecule has 0 atom stereocenters. The molecule has 1 saturated carbocycles. The van der Waals surface area contributed by atoms with Crippen molar-refractivity contribution < 1.29 is 14.6 Å². The average molecular weight is 556 g/mol. The molecule has 0 radical (unpaired) electrons. The molecule has 41 heavy (non-hydrogen) atoms. The maximum atomic E-state index is 12.8. The Bertz CT molecular complexity index is 1270. The van der Waals surface area contributed by atoms with Gasteiger partial charge in [-0.15, -0.1) is 0 Å². The lowest BCUT2D eigenvalue weighted by atomic mass is 9.88. The van der Waals surface area contributed by atoms with Crippen molar-refractivity contribution in [2.24, 2.45) is 5.73 Å². The van der Waals surface area contributed by atoms with Crippen molar-refractivity contribution in [1.82, 2.24) is 5.32 Å². The zero-order chi connectivity index (χ0) is 29.2. The Labute approximate surface area is 245 Å². The molecule has 0 bridgehead atoms. The lowest BCUT2D eigenvalue weighted by molar-refractivity contribution is 0.193. The Morgan fingerprint density at radius 3 is 2.37 bits per heavy atom. The SMILES string of the molecule is CC(C)(C)N[C@H]1CC[C@H](N(C(=O)O)c2cc(C=CCCOc3ccc(CCN)cc3)ccc2-c2ccccc2)CC1. The van der Waals surface area contributed by atoms with Gasteiger partial charge < -0.3 is 20.9 Å². The number of rotatable bonds is 11. The fourth-order valence-electron chi connectivity index (χ4n) is 5.64. The van der Waals surface area contributed by atoms with Crippen molar-refractivity contribution in [3.05, 3.63) is 90.0 Å². The number of nitrogens with two attached hydrogens (primary N) is 1. The van der Waals surface area contributed by atoms with Crippen LogP contribution in [-0.2, 0) is 6.42 Å². The first-order chi connectivity index (χ1) is 19.7. The number of anilines is 1. The smallest absolute Gasteiger partial charge is 0.412 e. The quantitative estimate of drug-likeness (QED) is 0.213. The van der Waals surface area contributed by atoms with Crippen molar-refractivity contribution in [3.63, 3.8) is 0 Å². The average Bonchev–Trinajstić information content (AvgIpc) is 2.95. The number of nitrogens with one attached hydrogen (secondary N) is 1. The van der Waals surface area contributed by atoms with Crippen LogP contribution in [0.25, 0.3) is 17.2 Å². The predicted molar refractivity (Wildman–Crippen MR) is 170 cm³/mol. The van der Waals surface area contributed by atoms with E-state index in [1.54, 1.807) is 4.90 Å². The molecule has 3 aromatic rings. The first kappa shape index (κ1) is 30.4. The molecule has 6 nitrogen and oxygen atoms in total. The molecule has 4 rings (SSSR count). The number of carbonyl (C=O) groups is 1. The summed E-state index contributed by atoms with van der Waals surface area (Å²) in [6.45, 7) is 7.75. The number of amides is 1. The lowest BCUT2D eigenvalue weighted by Gasteiger charge is -2.38. The van der Waals surface area contributed by atoms with Crippen LogP contribution in [0.3, 0.4) is 0 Å². The second-order valence-corrected chi connectivity index (χ2v) is 11.9. The lowest BCUT2D eigenvalue weighted by Crippen LogP contribution is -2.49. The van der Waals surface area contributed by atoms with Gasteiger partial charge in [-0.1, -0.05) is 66.7 Å². The first-order valence-electron chi connectivity index (χ1n) is 14.8. The summed E-state index contributed by atoms with van der Waals surface area (Å²) in [5, 5.41) is 14.2. The molecule has 0 saturated heterocycles. The molecule has 1 aliphatic carbocycles. The highest BCUT2D eigenvalue weighted by atomic mass is 16.5. The van der Waals surface area contributed by atoms with E-state index in [4.69, 9.17) is 10.5 Å². The van der Waals surface area contributed by atoms with E-state index in [1.165, 1.54) is 5.56 Å². The van der Waals surface area contributed by atoms with Crippen LogP contribution in [0, 0.1) is 0 Å². The molecule has 6 heteroatoms. The highest BCUT2D eigenvalue weighted by Gasteiger charge is 2.32. The third-order valence-electron chi connectivity index (χ3n) is 7.49. The number of benzene rings is 3. The minimum atomic E-state index is -0.901. The highest BCUT2D eigenvalue weighted by molar-refractivity contribution is 5.94. The second-order valence-electron chi connectivity index (χ2n) is 11.9. The molecule has 0 heterocycles. The standard InChI is InChI=1S/C35H45N3O3/c1-35(2,3)37-29-15-17-30(18-16-29)38(34(39)40)33-25-27(14-21-32(33)28-10-5-4-6-11-28)9-7-8-24-41-31-19-12-26(13-20-31)22-23-36/h4-7,9-14,19-21,25,29-30,37H,8,15-18,22-24,36H2,1-3H3,(H,39,40)/t29-,30-. The normalized spacial score (nSPS) is 17.5. The van der Waals surface area contributed by atoms with Crippen molar-refractivity contribution in [3.8, 4) is 16.9 Å². The van der Waals surface area contributed by atoms with Gasteiger partial charge in [-0.3, -0.25) is 4.90 Å². The van der Waals surface area contributed by atoms with Gasteiger partial charge in [0.2, 0.25) is 0 Å². The Morgan fingerprint density at radius 2 is 1.73 bits per heavy atom. The van der Waals surface area contributed by atoms with Crippen molar-refractivity contribution in [1.29, 1.82) is 0 Å². The van der Waals surface area contributed by atoms with Gasteiger partial charge in [0.15, 0.2) is 0 Å². The molecule has 3 aromatic carbocycles. The maximum Gasteiger partial charge on any atom is 0.412 e. The fourth-order valence-corrected chi connectivity index (χ4v) is 5.64. The summed E-state index contributed by atoms with van der Waals surface area (Å²) in [5.41, 5.74) is 10.5. The van der Waals surface area contributed by atoms with Crippen LogP contribution in [-0.4, -0.2) is 42.0 Å². The minimum Gasteiger partial charge on any atom is -0.493 e. The van der Waals surface area contributed by atoms with E-state index in [0.29, 0.717) is 19.2 Å². The van der Waals surface area contributed by atoms with Crippen LogP contribution in [0.5, 0.6) is 5.75 Å². The molecule has 0 aliphatic heterocycles. The van der Waals surface area contributed by atoms with Gasteiger partial charge in [0.05, 0.1) is 12.3 Å². The van der Waals surface area contributed by atoms with Crippen molar-refractivity contribution >= 4 is 17.9 Å². The van der Waals surface area contributed by atoms with Gasteiger partial charge in [-0.05, 0) is 101 Å². The van der Waals surface area contributed by atoms with Gasteiger partial charge in [0, 0.05) is 23.2 Å². The number of hydrogen-bond acceptors (Lipinski definition) is 4. The van der Waals surface area contributed by atoms with Crippen molar-refractivity contribution in [2.75, 3.05) is 18.1 Å². The van der Waals surface area contributed by atoms with Crippen LogP contribution < -0.4 is 20.7 Å². The van der Waals surface area contributed by atoms with E-state index in [0.717, 1.165) is 66.7 Å². The minimum absolute atomic E-state index is 0.0469. The molecule has 0 unspecified atom stereocenters. The van der Waals surface area contributed by atoms with E-state index in [-0.39, 0.29) is 11.6 Å². The van der Waals surface area contributed by atoms with Gasteiger partial charge in [-0.25, -0.2) is 4.79 Å². The van der Waals surface area contributed by atoms with E-state index in [1.807, 2.05) is 54.6 Å². The molecule has 0 spiro atoms. The summed E-state index contributed by atoms with van der Waals surface area (Å²) in [6.07, 6.45) is 8.42. The summed E-state index contributed by atoms with van der Waals surface area (Å²) in [7, 11) is 0. The van der Waals surface area contributed by atoms with Gasteiger partial charge in [-0.2, -0.15) is 0 Å². The molecule has 0 aromatic heterocycles. The third-order valence-corrected chi connectivity index (χ3v) is 7.49. The monoisotopic (exact) mass is 555 g/mol. The molecular formula is C35H45N3O3. The number of ether oxygens (including phenoxy) is 1. The topological polar surface area (TPSA) is 87.8 Å². The second kappa shape index (κ2) is 14.3. The molecule has 1 aliphatic rings. The number of nitrogens with zero attached hydrogens (tertiary/aromatic N) is 1. The summed E-state index contributed by atoms with van der Waals surface area (Å²) >= 11 is 0. The Hall–Kier alpha value is -3.61. The van der Waals surface area contributed by atoms with Crippen LogP contribution >= 0.6 is 0 Å². The van der Waals surface area contributed by atoms with Crippen LogP contribution in [0.2, 0.25) is 0 Å². The van der Waals surface area contributed by atoms with E-state index >= 15 is 0 Å². The van der Waals surface area contributed by atoms with E-state index in [9.17, 15) is 9.90 Å². The molecule has 218 valence electrons.